The first-order chi connectivity index (χ1) is 4.16. The zero-order chi connectivity index (χ0) is 7.28. The lowest BCUT2D eigenvalue weighted by Gasteiger charge is -1.96. The Balaban J connectivity index is 3.28. The molecule has 0 aliphatic carbocycles. The monoisotopic (exact) mass is 213 g/mol. The van der Waals surface area contributed by atoms with E-state index in [1.807, 2.05) is 0 Å². The van der Waals surface area contributed by atoms with Crippen LogP contribution < -0.4 is 4.34 Å². The second kappa shape index (κ2) is 4.70. The molecule has 4 nitrogen and oxygen atoms in total. The number of carbonyl (C=O) groups excluding carboxylic acids is 2. The standard InChI is InChI=1S/C3H5BrNO3P/c4-5-2(6)1-8-3(7)9/h1,9H2,(H,5,6). The van der Waals surface area contributed by atoms with Crippen LogP contribution in [0.2, 0.25) is 0 Å². The van der Waals surface area contributed by atoms with Gasteiger partial charge in [-0.15, -0.1) is 0 Å². The van der Waals surface area contributed by atoms with Gasteiger partial charge in [0, 0.05) is 16.1 Å². The third-order valence-corrected chi connectivity index (χ3v) is 1.06. The number of hydrogen-bond donors (Lipinski definition) is 1. The number of rotatable bonds is 2. The molecule has 0 rings (SSSR count). The highest BCUT2D eigenvalue weighted by molar-refractivity contribution is 9.08. The molecule has 0 aliphatic heterocycles. The number of hydrogen-bond acceptors (Lipinski definition) is 3. The van der Waals surface area contributed by atoms with Crippen molar-refractivity contribution in [2.45, 2.75) is 0 Å². The maximum Gasteiger partial charge on any atom is 0.320 e. The van der Waals surface area contributed by atoms with Crippen LogP contribution in [0.1, 0.15) is 0 Å². The van der Waals surface area contributed by atoms with Crippen molar-refractivity contribution in [1.82, 2.24) is 4.34 Å². The molecule has 0 aromatic carbocycles. The van der Waals surface area contributed by atoms with E-state index in [-0.39, 0.29) is 6.61 Å². The van der Waals surface area contributed by atoms with Gasteiger partial charge in [-0.3, -0.25) is 9.14 Å². The van der Waals surface area contributed by atoms with Gasteiger partial charge in [-0.2, -0.15) is 0 Å². The summed E-state index contributed by atoms with van der Waals surface area (Å²) in [6, 6.07) is 0. The summed E-state index contributed by atoms with van der Waals surface area (Å²) in [5, 5.41) is 0. The fourth-order valence-electron chi connectivity index (χ4n) is 0.164. The van der Waals surface area contributed by atoms with Gasteiger partial charge in [0.15, 0.2) is 6.61 Å². The molecule has 6 heteroatoms. The molecule has 0 saturated carbocycles. The van der Waals surface area contributed by atoms with Crippen LogP contribution in [0.5, 0.6) is 0 Å². The van der Waals surface area contributed by atoms with E-state index in [1.165, 1.54) is 0 Å². The minimum absolute atomic E-state index is 0.256. The van der Waals surface area contributed by atoms with E-state index in [0.29, 0.717) is 0 Å². The summed E-state index contributed by atoms with van der Waals surface area (Å²) in [5.74, 6) is -0.397. The van der Waals surface area contributed by atoms with Crippen LogP contribution >= 0.6 is 25.4 Å². The van der Waals surface area contributed by atoms with Gasteiger partial charge in [-0.05, 0) is 9.24 Å². The second-order valence-corrected chi connectivity index (χ2v) is 1.99. The quantitative estimate of drug-likeness (QED) is 0.535. The predicted molar refractivity (Wildman–Crippen MR) is 38.1 cm³/mol. The van der Waals surface area contributed by atoms with Crippen molar-refractivity contribution in [1.29, 1.82) is 0 Å². The molecular weight excluding hydrogens is 209 g/mol. The molecule has 9 heavy (non-hydrogen) atoms. The summed E-state index contributed by atoms with van der Waals surface area (Å²) in [7, 11) is 1.79. The van der Waals surface area contributed by atoms with Gasteiger partial charge in [0.1, 0.15) is 0 Å². The van der Waals surface area contributed by atoms with Crippen LogP contribution in [0.3, 0.4) is 0 Å². The van der Waals surface area contributed by atoms with Crippen molar-refractivity contribution in [2.75, 3.05) is 6.61 Å². The van der Waals surface area contributed by atoms with Crippen LogP contribution in [0.4, 0.5) is 4.79 Å². The highest BCUT2D eigenvalue weighted by atomic mass is 79.9. The van der Waals surface area contributed by atoms with Gasteiger partial charge >= 0.3 is 5.71 Å². The smallest absolute Gasteiger partial charge is 0.320 e. The molecule has 0 radical (unpaired) electrons. The van der Waals surface area contributed by atoms with E-state index >= 15 is 0 Å². The van der Waals surface area contributed by atoms with Crippen LogP contribution in [0, 0.1) is 0 Å². The predicted octanol–water partition coefficient (Wildman–Crippen LogP) is 0.424. The molecule has 0 aliphatic rings. The minimum atomic E-state index is -0.550. The molecule has 1 N–H and O–H groups in total. The molecule has 0 fully saturated rings. The largest absolute Gasteiger partial charge is 0.453 e. The van der Waals surface area contributed by atoms with Gasteiger partial charge in [0.25, 0.3) is 5.91 Å². The third-order valence-electron chi connectivity index (χ3n) is 0.451. The van der Waals surface area contributed by atoms with Crippen molar-refractivity contribution in [3.8, 4) is 0 Å². The Morgan fingerprint density at radius 3 is 2.56 bits per heavy atom. The molecule has 0 bridgehead atoms. The zero-order valence-corrected chi connectivity index (χ0v) is 7.13. The van der Waals surface area contributed by atoms with E-state index in [0.717, 1.165) is 0 Å². The number of halogens is 1. The summed E-state index contributed by atoms with van der Waals surface area (Å²) in [6.45, 7) is -0.256. The lowest BCUT2D eigenvalue weighted by molar-refractivity contribution is -0.121. The van der Waals surface area contributed by atoms with Crippen molar-refractivity contribution in [3.63, 3.8) is 0 Å². The van der Waals surface area contributed by atoms with Crippen molar-refractivity contribution in [3.05, 3.63) is 0 Å². The van der Waals surface area contributed by atoms with Gasteiger partial charge in [-0.25, -0.2) is 4.79 Å². The average molecular weight is 214 g/mol. The maximum atomic E-state index is 10.3. The fourth-order valence-corrected chi connectivity index (χ4v) is 0.362. The average Bonchev–Trinajstić information content (AvgIpc) is 1.83. The van der Waals surface area contributed by atoms with Crippen LogP contribution in [0.15, 0.2) is 0 Å². The summed E-state index contributed by atoms with van der Waals surface area (Å²) >= 11 is 2.67. The van der Waals surface area contributed by atoms with Crippen molar-refractivity contribution in [2.24, 2.45) is 0 Å². The molecule has 0 aromatic heterocycles. The van der Waals surface area contributed by atoms with E-state index in [4.69, 9.17) is 0 Å². The lowest BCUT2D eigenvalue weighted by atomic mass is 10.7. The fraction of sp³-hybridized carbons (Fsp3) is 0.333. The topological polar surface area (TPSA) is 55.4 Å². The minimum Gasteiger partial charge on any atom is -0.453 e. The van der Waals surface area contributed by atoms with Crippen molar-refractivity contribution >= 4 is 37.0 Å². The van der Waals surface area contributed by atoms with Crippen LogP contribution in [-0.2, 0) is 9.53 Å². The van der Waals surface area contributed by atoms with Gasteiger partial charge in [-0.1, -0.05) is 0 Å². The van der Waals surface area contributed by atoms with Gasteiger partial charge in [0.2, 0.25) is 0 Å². The first kappa shape index (κ1) is 8.85. The number of ether oxygens (including phenoxy) is 1. The number of amides is 1. The second-order valence-electron chi connectivity index (χ2n) is 1.13. The van der Waals surface area contributed by atoms with Crippen molar-refractivity contribution < 1.29 is 14.3 Å². The summed E-state index contributed by atoms with van der Waals surface area (Å²) in [6.07, 6.45) is 0. The van der Waals surface area contributed by atoms with Crippen LogP contribution in [-0.4, -0.2) is 18.2 Å². The molecule has 1 amide bonds. The van der Waals surface area contributed by atoms with E-state index < -0.39 is 11.6 Å². The van der Waals surface area contributed by atoms with Gasteiger partial charge < -0.3 is 4.74 Å². The lowest BCUT2D eigenvalue weighted by Crippen LogP contribution is -2.18. The molecule has 0 saturated heterocycles. The molecule has 1 unspecified atom stereocenters. The normalized spacial score (nSPS) is 8.22. The first-order valence-corrected chi connectivity index (χ1v) is 3.35. The van der Waals surface area contributed by atoms with E-state index in [2.05, 4.69) is 25.2 Å². The SMILES string of the molecule is O=C(COC(=O)P)NBr. The third kappa shape index (κ3) is 5.73. The van der Waals surface area contributed by atoms with E-state index in [1.54, 1.807) is 9.24 Å². The Kier molecular flexibility index (Phi) is 4.62. The molecule has 0 heterocycles. The highest BCUT2D eigenvalue weighted by Crippen LogP contribution is 1.89. The molecule has 0 spiro atoms. The first-order valence-electron chi connectivity index (χ1n) is 1.98. The maximum absolute atomic E-state index is 10.3. The molecule has 1 atom stereocenters. The zero-order valence-electron chi connectivity index (χ0n) is 4.39. The van der Waals surface area contributed by atoms with E-state index in [9.17, 15) is 9.59 Å². The highest BCUT2D eigenvalue weighted by Gasteiger charge is 1.99. The Hall–Kier alpha value is -0.150. The summed E-state index contributed by atoms with van der Waals surface area (Å²) in [5.41, 5.74) is -0.550. The Morgan fingerprint density at radius 1 is 1.67 bits per heavy atom. The summed E-state index contributed by atoms with van der Waals surface area (Å²) < 4.78 is 6.38. The number of carbonyl (C=O) groups is 2. The van der Waals surface area contributed by atoms with Gasteiger partial charge in [0.05, 0.1) is 0 Å². The molecular formula is C3H5BrNO3P. The molecule has 0 aromatic rings. The molecule has 52 valence electrons. The Bertz CT molecular complexity index is 128. The summed E-state index contributed by atoms with van der Waals surface area (Å²) in [4.78, 5) is 20.3. The van der Waals surface area contributed by atoms with Crippen LogP contribution in [0.25, 0.3) is 0 Å². The number of nitrogens with one attached hydrogen (secondary N) is 1. The Labute approximate surface area is 62.9 Å². The Morgan fingerprint density at radius 2 is 2.22 bits per heavy atom.